The molecule has 20 heavy (non-hydrogen) atoms. The number of benzene rings is 1. The minimum Gasteiger partial charge on any atom is -0.394 e. The fourth-order valence-corrected chi connectivity index (χ4v) is 1.99. The number of carbonyl (C=O) groups is 2. The molecule has 1 aliphatic rings. The number of aliphatic hydroxyl groups excluding tert-OH is 1. The lowest BCUT2D eigenvalue weighted by Crippen LogP contribution is -2.33. The lowest BCUT2D eigenvalue weighted by atomic mass is 10.1. The van der Waals surface area contributed by atoms with Crippen LogP contribution in [-0.4, -0.2) is 53.1 Å². The van der Waals surface area contributed by atoms with E-state index >= 15 is 0 Å². The summed E-state index contributed by atoms with van der Waals surface area (Å²) >= 11 is 0. The highest BCUT2D eigenvalue weighted by molar-refractivity contribution is 6.23. The van der Waals surface area contributed by atoms with Crippen LogP contribution >= 0.6 is 0 Å². The molecule has 1 aliphatic heterocycles. The number of amides is 2. The van der Waals surface area contributed by atoms with Crippen LogP contribution < -0.4 is 0 Å². The number of rotatable bonds is 6. The Morgan fingerprint density at radius 3 is 2.65 bits per heavy atom. The van der Waals surface area contributed by atoms with Crippen LogP contribution in [0.5, 0.6) is 0 Å². The molecule has 1 aromatic rings. The number of hydrogen-bond acceptors (Lipinski definition) is 6. The summed E-state index contributed by atoms with van der Waals surface area (Å²) in [6.45, 7) is 0.000233. The van der Waals surface area contributed by atoms with Crippen molar-refractivity contribution in [2.45, 2.75) is 0 Å². The molecule has 0 spiro atoms. The van der Waals surface area contributed by atoms with Crippen molar-refractivity contribution in [3.63, 3.8) is 0 Å². The van der Waals surface area contributed by atoms with Gasteiger partial charge in [0, 0.05) is 6.07 Å². The van der Waals surface area contributed by atoms with E-state index in [4.69, 9.17) is 9.84 Å². The maximum atomic E-state index is 12.1. The van der Waals surface area contributed by atoms with Crippen LogP contribution in [0.4, 0.5) is 5.69 Å². The second-order valence-electron chi connectivity index (χ2n) is 4.05. The van der Waals surface area contributed by atoms with Crippen molar-refractivity contribution in [1.82, 2.24) is 4.90 Å². The predicted molar refractivity (Wildman–Crippen MR) is 66.4 cm³/mol. The van der Waals surface area contributed by atoms with Gasteiger partial charge in [-0.1, -0.05) is 6.07 Å². The average Bonchev–Trinajstić information content (AvgIpc) is 2.68. The lowest BCUT2D eigenvalue weighted by Gasteiger charge is -2.13. The van der Waals surface area contributed by atoms with Gasteiger partial charge in [-0.05, 0) is 6.07 Å². The van der Waals surface area contributed by atoms with Gasteiger partial charge in [0.2, 0.25) is 0 Å². The van der Waals surface area contributed by atoms with E-state index in [1.54, 1.807) is 0 Å². The second-order valence-corrected chi connectivity index (χ2v) is 4.05. The van der Waals surface area contributed by atoms with Crippen LogP contribution in [0.3, 0.4) is 0 Å². The van der Waals surface area contributed by atoms with Gasteiger partial charge in [0.25, 0.3) is 17.5 Å². The predicted octanol–water partition coefficient (Wildman–Crippen LogP) is 0.200. The monoisotopic (exact) mass is 280 g/mol. The van der Waals surface area contributed by atoms with Gasteiger partial charge in [-0.3, -0.25) is 24.6 Å². The quantitative estimate of drug-likeness (QED) is 0.345. The second kappa shape index (κ2) is 5.76. The molecule has 106 valence electrons. The molecule has 1 heterocycles. The molecule has 0 aromatic heterocycles. The topological polar surface area (TPSA) is 110 Å². The molecular formula is C12H12N2O6. The highest BCUT2D eigenvalue weighted by Crippen LogP contribution is 2.30. The number of hydrogen-bond donors (Lipinski definition) is 1. The summed E-state index contributed by atoms with van der Waals surface area (Å²) in [5.41, 5.74) is -0.518. The van der Waals surface area contributed by atoms with E-state index in [2.05, 4.69) is 0 Å². The number of nitrogens with zero attached hydrogens (tertiary/aromatic N) is 2. The van der Waals surface area contributed by atoms with E-state index in [9.17, 15) is 19.7 Å². The molecule has 0 unspecified atom stereocenters. The van der Waals surface area contributed by atoms with E-state index in [1.807, 2.05) is 0 Å². The minimum atomic E-state index is -0.690. The Morgan fingerprint density at radius 2 is 2.00 bits per heavy atom. The first kappa shape index (κ1) is 14.1. The smallest absolute Gasteiger partial charge is 0.282 e. The number of nitro benzene ring substituents is 1. The number of fused-ring (bicyclic) bond motifs is 1. The summed E-state index contributed by atoms with van der Waals surface area (Å²) in [7, 11) is 0. The van der Waals surface area contributed by atoms with Crippen LogP contribution in [0.1, 0.15) is 20.7 Å². The molecule has 0 aliphatic carbocycles. The van der Waals surface area contributed by atoms with Crippen LogP contribution in [0, 0.1) is 10.1 Å². The average molecular weight is 280 g/mol. The highest BCUT2D eigenvalue weighted by Gasteiger charge is 2.40. The molecule has 0 radical (unpaired) electrons. The fourth-order valence-electron chi connectivity index (χ4n) is 1.99. The van der Waals surface area contributed by atoms with Gasteiger partial charge in [-0.2, -0.15) is 0 Å². The van der Waals surface area contributed by atoms with Gasteiger partial charge in [0.15, 0.2) is 0 Å². The van der Waals surface area contributed by atoms with E-state index in [-0.39, 0.29) is 43.2 Å². The van der Waals surface area contributed by atoms with Crippen LogP contribution in [0.25, 0.3) is 0 Å². The van der Waals surface area contributed by atoms with Crippen LogP contribution in [0.2, 0.25) is 0 Å². The highest BCUT2D eigenvalue weighted by atomic mass is 16.6. The molecule has 0 bridgehead atoms. The Labute approximate surface area is 113 Å². The van der Waals surface area contributed by atoms with Crippen LogP contribution in [-0.2, 0) is 4.74 Å². The van der Waals surface area contributed by atoms with Crippen molar-refractivity contribution in [2.75, 3.05) is 26.4 Å². The van der Waals surface area contributed by atoms with Crippen molar-refractivity contribution in [1.29, 1.82) is 0 Å². The molecule has 2 rings (SSSR count). The first-order valence-corrected chi connectivity index (χ1v) is 5.90. The Kier molecular flexibility index (Phi) is 4.06. The first-order chi connectivity index (χ1) is 9.57. The molecule has 1 N–H and O–H groups in total. The zero-order valence-electron chi connectivity index (χ0n) is 10.4. The van der Waals surface area contributed by atoms with Gasteiger partial charge in [-0.25, -0.2) is 0 Å². The Balaban J connectivity index is 2.22. The van der Waals surface area contributed by atoms with Gasteiger partial charge in [-0.15, -0.1) is 0 Å². The number of imide groups is 1. The van der Waals surface area contributed by atoms with Crippen molar-refractivity contribution in [3.05, 3.63) is 39.4 Å². The Bertz CT molecular complexity index is 571. The van der Waals surface area contributed by atoms with Crippen LogP contribution in [0.15, 0.2) is 18.2 Å². The van der Waals surface area contributed by atoms with Crippen molar-refractivity contribution in [2.24, 2.45) is 0 Å². The summed E-state index contributed by atoms with van der Waals surface area (Å²) in [6.07, 6.45) is 0. The minimum absolute atomic E-state index is 0.0104. The molecule has 0 saturated carbocycles. The third-order valence-electron chi connectivity index (χ3n) is 2.87. The molecule has 0 fully saturated rings. The maximum Gasteiger partial charge on any atom is 0.282 e. The summed E-state index contributed by atoms with van der Waals surface area (Å²) in [5, 5.41) is 19.4. The van der Waals surface area contributed by atoms with Crippen molar-refractivity contribution >= 4 is 17.5 Å². The third-order valence-corrected chi connectivity index (χ3v) is 2.87. The SMILES string of the molecule is O=C1c2cccc([N+](=O)[O-])c2C(=O)N1CCOCCO. The van der Waals surface area contributed by atoms with Gasteiger partial charge < -0.3 is 9.84 Å². The lowest BCUT2D eigenvalue weighted by molar-refractivity contribution is -0.385. The number of ether oxygens (including phenoxy) is 1. The molecule has 8 heteroatoms. The first-order valence-electron chi connectivity index (χ1n) is 5.90. The zero-order valence-corrected chi connectivity index (χ0v) is 10.4. The molecule has 1 aromatic carbocycles. The number of carbonyl (C=O) groups excluding carboxylic acids is 2. The van der Waals surface area contributed by atoms with Crippen molar-refractivity contribution < 1.29 is 24.4 Å². The standard InChI is InChI=1S/C12H12N2O6/c15-5-7-20-6-4-13-11(16)8-2-1-3-9(14(18)19)10(8)12(13)17/h1-3,15H,4-7H2. The molecular weight excluding hydrogens is 268 g/mol. The normalized spacial score (nSPS) is 13.8. The molecule has 0 atom stereocenters. The largest absolute Gasteiger partial charge is 0.394 e. The molecule has 8 nitrogen and oxygen atoms in total. The van der Waals surface area contributed by atoms with E-state index in [0.29, 0.717) is 0 Å². The van der Waals surface area contributed by atoms with Gasteiger partial charge in [0.1, 0.15) is 5.56 Å². The van der Waals surface area contributed by atoms with Gasteiger partial charge in [0.05, 0.1) is 36.9 Å². The number of aliphatic hydroxyl groups is 1. The third kappa shape index (κ3) is 2.38. The summed E-state index contributed by atoms with van der Waals surface area (Å²) in [4.78, 5) is 35.2. The molecule has 0 saturated heterocycles. The van der Waals surface area contributed by atoms with Crippen molar-refractivity contribution in [3.8, 4) is 0 Å². The maximum absolute atomic E-state index is 12.1. The van der Waals surface area contributed by atoms with E-state index in [0.717, 1.165) is 4.90 Å². The summed E-state index contributed by atoms with van der Waals surface area (Å²) < 4.78 is 4.99. The van der Waals surface area contributed by atoms with Gasteiger partial charge >= 0.3 is 0 Å². The summed E-state index contributed by atoms with van der Waals surface area (Å²) in [6, 6.07) is 3.95. The van der Waals surface area contributed by atoms with E-state index in [1.165, 1.54) is 18.2 Å². The Hall–Kier alpha value is -2.32. The number of nitro groups is 1. The Morgan fingerprint density at radius 1 is 1.25 bits per heavy atom. The zero-order chi connectivity index (χ0) is 14.7. The summed E-state index contributed by atoms with van der Waals surface area (Å²) in [5.74, 6) is -1.26. The van der Waals surface area contributed by atoms with E-state index < -0.39 is 16.7 Å². The fraction of sp³-hybridized carbons (Fsp3) is 0.333. The molecule has 2 amide bonds.